The van der Waals surface area contributed by atoms with E-state index in [2.05, 4.69) is 0 Å². The van der Waals surface area contributed by atoms with Crippen molar-refractivity contribution >= 4 is 16.0 Å². The first-order valence-corrected chi connectivity index (χ1v) is 8.20. The second kappa shape index (κ2) is 5.60. The molecule has 1 saturated heterocycles. The van der Waals surface area contributed by atoms with Gasteiger partial charge in [-0.25, -0.2) is 22.0 Å². The van der Waals surface area contributed by atoms with E-state index in [4.69, 9.17) is 9.47 Å². The molecule has 126 valence electrons. The van der Waals surface area contributed by atoms with Crippen LogP contribution >= 0.6 is 0 Å². The number of benzene rings is 1. The Balaban J connectivity index is 2.06. The Morgan fingerprint density at radius 3 is 2.39 bits per heavy atom. The minimum atomic E-state index is -4.24. The molecule has 0 spiro atoms. The van der Waals surface area contributed by atoms with Crippen molar-refractivity contribution < 1.29 is 36.6 Å². The van der Waals surface area contributed by atoms with Crippen molar-refractivity contribution in [3.8, 4) is 11.5 Å². The zero-order valence-electron chi connectivity index (χ0n) is 11.7. The number of fused-ring (bicyclic) bond motifs is 1. The predicted molar refractivity (Wildman–Crippen MR) is 72.9 cm³/mol. The number of carboxylic acids is 1. The Morgan fingerprint density at radius 2 is 1.78 bits per heavy atom. The summed E-state index contributed by atoms with van der Waals surface area (Å²) in [5, 5.41) is 9.22. The molecule has 23 heavy (non-hydrogen) atoms. The van der Waals surface area contributed by atoms with E-state index in [9.17, 15) is 27.1 Å². The molecule has 0 bridgehead atoms. The predicted octanol–water partition coefficient (Wildman–Crippen LogP) is 0.837. The van der Waals surface area contributed by atoms with Gasteiger partial charge in [0.2, 0.25) is 10.0 Å². The summed E-state index contributed by atoms with van der Waals surface area (Å²) in [6, 6.07) is 2.01. The molecule has 3 rings (SSSR count). The Kier molecular flexibility index (Phi) is 3.88. The smallest absolute Gasteiger partial charge is 0.339 e. The normalized spacial score (nSPS) is 24.6. The lowest BCUT2D eigenvalue weighted by atomic mass is 10.2. The number of rotatable bonds is 3. The third-order valence-electron chi connectivity index (χ3n) is 3.63. The average molecular weight is 349 g/mol. The highest BCUT2D eigenvalue weighted by molar-refractivity contribution is 7.89. The van der Waals surface area contributed by atoms with Gasteiger partial charge in [0.05, 0.1) is 4.90 Å². The molecule has 1 aromatic carbocycles. The van der Waals surface area contributed by atoms with Crippen LogP contribution in [-0.2, 0) is 10.0 Å². The molecule has 1 N–H and O–H groups in total. The molecule has 0 saturated carbocycles. The topological polar surface area (TPSA) is 93.1 Å². The summed E-state index contributed by atoms with van der Waals surface area (Å²) < 4.78 is 62.6. The van der Waals surface area contributed by atoms with Gasteiger partial charge in [-0.05, 0) is 6.07 Å². The second-order valence-corrected chi connectivity index (χ2v) is 7.09. The van der Waals surface area contributed by atoms with E-state index in [0.717, 1.165) is 12.1 Å². The van der Waals surface area contributed by atoms with Crippen LogP contribution in [0.5, 0.6) is 11.5 Å². The summed E-state index contributed by atoms with van der Waals surface area (Å²) >= 11 is 0. The summed E-state index contributed by atoms with van der Waals surface area (Å²) in [6.07, 6.45) is -3.80. The first kappa shape index (κ1) is 15.9. The van der Waals surface area contributed by atoms with E-state index in [1.165, 1.54) is 0 Å². The van der Waals surface area contributed by atoms with Gasteiger partial charge in [-0.1, -0.05) is 0 Å². The van der Waals surface area contributed by atoms with Crippen molar-refractivity contribution in [3.05, 3.63) is 17.7 Å². The highest BCUT2D eigenvalue weighted by atomic mass is 32.2. The van der Waals surface area contributed by atoms with Crippen LogP contribution in [0.4, 0.5) is 8.78 Å². The van der Waals surface area contributed by atoms with Crippen molar-refractivity contribution in [3.63, 3.8) is 0 Å². The van der Waals surface area contributed by atoms with Crippen molar-refractivity contribution in [1.29, 1.82) is 0 Å². The minimum Gasteiger partial charge on any atom is -0.486 e. The molecular weight excluding hydrogens is 336 g/mol. The fraction of sp³-hybridized carbons (Fsp3) is 0.462. The molecule has 0 unspecified atom stereocenters. The lowest BCUT2D eigenvalue weighted by Gasteiger charge is -2.22. The summed E-state index contributed by atoms with van der Waals surface area (Å²) in [5.41, 5.74) is -0.381. The van der Waals surface area contributed by atoms with E-state index < -0.39 is 46.3 Å². The number of aromatic carboxylic acids is 1. The number of hydrogen-bond acceptors (Lipinski definition) is 5. The molecule has 1 fully saturated rings. The zero-order valence-corrected chi connectivity index (χ0v) is 12.6. The molecular formula is C13H13F2NO6S. The maximum Gasteiger partial charge on any atom is 0.339 e. The van der Waals surface area contributed by atoms with Gasteiger partial charge in [0.15, 0.2) is 11.5 Å². The number of carboxylic acid groups (broad SMARTS) is 1. The molecule has 2 aliphatic heterocycles. The number of alkyl halides is 2. The van der Waals surface area contributed by atoms with Crippen LogP contribution in [0.25, 0.3) is 0 Å². The molecule has 10 heteroatoms. The molecule has 1 aromatic rings. The highest BCUT2D eigenvalue weighted by Gasteiger charge is 2.40. The van der Waals surface area contributed by atoms with E-state index in [0.29, 0.717) is 4.31 Å². The zero-order chi connectivity index (χ0) is 16.8. The maximum absolute atomic E-state index is 13.3. The number of halogens is 2. The fourth-order valence-electron chi connectivity index (χ4n) is 2.47. The lowest BCUT2D eigenvalue weighted by Crippen LogP contribution is -2.30. The van der Waals surface area contributed by atoms with E-state index in [-0.39, 0.29) is 30.3 Å². The number of ether oxygens (including phenoxy) is 2. The van der Waals surface area contributed by atoms with E-state index in [1.807, 2.05) is 0 Å². The van der Waals surface area contributed by atoms with Crippen molar-refractivity contribution in [2.24, 2.45) is 0 Å². The standard InChI is InChI=1S/C13H13F2NO6S/c14-9-5-16(6-10(9)15)23(19,20)7-3-8(13(17)18)12-11(4-7)21-1-2-22-12/h3-4,9-10H,1-2,5-6H2,(H,17,18)/t9-,10+. The monoisotopic (exact) mass is 349 g/mol. The Bertz CT molecular complexity index is 743. The summed E-state index contributed by atoms with van der Waals surface area (Å²) in [5.74, 6) is -1.48. The molecule has 0 radical (unpaired) electrons. The van der Waals surface area contributed by atoms with Crippen LogP contribution in [0.15, 0.2) is 17.0 Å². The van der Waals surface area contributed by atoms with Gasteiger partial charge in [0.25, 0.3) is 0 Å². The first-order valence-electron chi connectivity index (χ1n) is 6.76. The van der Waals surface area contributed by atoms with Crippen LogP contribution < -0.4 is 9.47 Å². The second-order valence-electron chi connectivity index (χ2n) is 5.15. The van der Waals surface area contributed by atoms with Gasteiger partial charge >= 0.3 is 5.97 Å². The van der Waals surface area contributed by atoms with Crippen molar-refractivity contribution in [1.82, 2.24) is 4.31 Å². The quantitative estimate of drug-likeness (QED) is 0.869. The van der Waals surface area contributed by atoms with Crippen LogP contribution in [0, 0.1) is 0 Å². The Morgan fingerprint density at radius 1 is 1.17 bits per heavy atom. The summed E-state index contributed by atoms with van der Waals surface area (Å²) in [7, 11) is -4.24. The number of sulfonamides is 1. The molecule has 2 atom stereocenters. The van der Waals surface area contributed by atoms with E-state index in [1.54, 1.807) is 0 Å². The SMILES string of the molecule is O=C(O)c1cc(S(=O)(=O)N2C[C@@H](F)[C@@H](F)C2)cc2c1OCCO2. The van der Waals surface area contributed by atoms with Crippen LogP contribution in [-0.4, -0.2) is 62.4 Å². The number of nitrogens with zero attached hydrogens (tertiary/aromatic N) is 1. The lowest BCUT2D eigenvalue weighted by molar-refractivity contribution is 0.0685. The molecule has 7 nitrogen and oxygen atoms in total. The molecule has 0 aliphatic carbocycles. The minimum absolute atomic E-state index is 0.0254. The molecule has 0 amide bonds. The van der Waals surface area contributed by atoms with Gasteiger partial charge < -0.3 is 14.6 Å². The van der Waals surface area contributed by atoms with Gasteiger partial charge in [-0.15, -0.1) is 0 Å². The summed E-state index contributed by atoms with van der Waals surface area (Å²) in [6.45, 7) is -0.947. The maximum atomic E-state index is 13.3. The fourth-order valence-corrected chi connectivity index (χ4v) is 3.97. The Labute approximate surface area is 130 Å². The summed E-state index contributed by atoms with van der Waals surface area (Å²) in [4.78, 5) is 10.9. The van der Waals surface area contributed by atoms with Gasteiger partial charge in [-0.3, -0.25) is 0 Å². The molecule has 2 heterocycles. The molecule has 2 aliphatic rings. The highest BCUT2D eigenvalue weighted by Crippen LogP contribution is 2.38. The largest absolute Gasteiger partial charge is 0.486 e. The van der Waals surface area contributed by atoms with Crippen LogP contribution in [0.3, 0.4) is 0 Å². The average Bonchev–Trinajstić information content (AvgIpc) is 2.86. The van der Waals surface area contributed by atoms with Crippen molar-refractivity contribution in [2.45, 2.75) is 17.2 Å². The third-order valence-corrected chi connectivity index (χ3v) is 5.44. The number of hydrogen-bond donors (Lipinski definition) is 1. The van der Waals surface area contributed by atoms with Crippen LogP contribution in [0.2, 0.25) is 0 Å². The third kappa shape index (κ3) is 2.72. The first-order chi connectivity index (χ1) is 10.8. The van der Waals surface area contributed by atoms with Crippen LogP contribution in [0.1, 0.15) is 10.4 Å². The van der Waals surface area contributed by atoms with Gasteiger partial charge in [-0.2, -0.15) is 4.31 Å². The van der Waals surface area contributed by atoms with Gasteiger partial charge in [0, 0.05) is 19.2 Å². The Hall–Kier alpha value is -1.94. The number of carbonyl (C=O) groups is 1. The van der Waals surface area contributed by atoms with Crippen molar-refractivity contribution in [2.75, 3.05) is 26.3 Å². The van der Waals surface area contributed by atoms with Gasteiger partial charge in [0.1, 0.15) is 31.1 Å². The van der Waals surface area contributed by atoms with E-state index >= 15 is 0 Å². The molecule has 0 aromatic heterocycles.